The minimum Gasteiger partial charge on any atom is -0.508 e. The molecule has 0 spiro atoms. The number of ether oxygens (including phenoxy) is 1. The number of amides is 3. The minimum atomic E-state index is -1.30. The molecule has 0 aliphatic heterocycles. The monoisotopic (exact) mass is 487 g/mol. The van der Waals surface area contributed by atoms with Crippen molar-refractivity contribution < 1.29 is 28.6 Å². The van der Waals surface area contributed by atoms with Crippen molar-refractivity contribution >= 4 is 40.6 Å². The third kappa shape index (κ3) is 5.30. The standard InChI is InChI=1S/C22H22FN5O5S/c1-33-10-9-26-21(31)18(12-5-7-15(29)8-6-12)28(14-4-2-3-13(23)11-14)22(32)19-16(24)17(20(25)30)27-34-19/h2-8,11,18,29H,9-10,24H2,1H3,(H2,25,30)(H,26,31)/t18-/m1/s1. The molecule has 0 radical (unpaired) electrons. The topological polar surface area (TPSA) is 161 Å². The Morgan fingerprint density at radius 1 is 1.24 bits per heavy atom. The molecular weight excluding hydrogens is 465 g/mol. The van der Waals surface area contributed by atoms with Crippen LogP contribution in [0.15, 0.2) is 48.5 Å². The number of carbonyl (C=O) groups excluding carboxylic acids is 3. The zero-order valence-corrected chi connectivity index (χ0v) is 18.8. The van der Waals surface area contributed by atoms with Crippen molar-refractivity contribution in [2.45, 2.75) is 6.04 Å². The molecule has 3 aromatic rings. The van der Waals surface area contributed by atoms with E-state index in [-0.39, 0.29) is 40.8 Å². The van der Waals surface area contributed by atoms with E-state index in [4.69, 9.17) is 16.2 Å². The summed E-state index contributed by atoms with van der Waals surface area (Å²) in [6, 6.07) is 9.42. The van der Waals surface area contributed by atoms with Crippen molar-refractivity contribution in [3.05, 3.63) is 70.5 Å². The number of aromatic nitrogens is 1. The molecule has 10 nitrogen and oxygen atoms in total. The molecule has 0 bridgehead atoms. The first-order valence-corrected chi connectivity index (χ1v) is 10.7. The molecule has 0 unspecified atom stereocenters. The Balaban J connectivity index is 2.17. The summed E-state index contributed by atoms with van der Waals surface area (Å²) in [7, 11) is 1.47. The lowest BCUT2D eigenvalue weighted by Gasteiger charge is -2.31. The summed E-state index contributed by atoms with van der Waals surface area (Å²) in [4.78, 5) is 39.5. The number of benzene rings is 2. The summed E-state index contributed by atoms with van der Waals surface area (Å²) in [5, 5.41) is 12.4. The normalized spacial score (nSPS) is 11.6. The number of hydrogen-bond donors (Lipinski definition) is 4. The van der Waals surface area contributed by atoms with E-state index >= 15 is 0 Å². The molecule has 0 aliphatic carbocycles. The van der Waals surface area contributed by atoms with Crippen LogP contribution in [0.4, 0.5) is 15.8 Å². The van der Waals surface area contributed by atoms with Crippen LogP contribution in [0.5, 0.6) is 5.75 Å². The van der Waals surface area contributed by atoms with Crippen LogP contribution in [0, 0.1) is 5.82 Å². The third-order valence-corrected chi connectivity index (χ3v) is 5.63. The molecule has 1 heterocycles. The van der Waals surface area contributed by atoms with Crippen LogP contribution < -0.4 is 21.7 Å². The van der Waals surface area contributed by atoms with Crippen LogP contribution in [-0.4, -0.2) is 47.5 Å². The summed E-state index contributed by atoms with van der Waals surface area (Å²) < 4.78 is 23.0. The number of aromatic hydroxyl groups is 1. The van der Waals surface area contributed by atoms with Gasteiger partial charge in [-0.15, -0.1) is 0 Å². The van der Waals surface area contributed by atoms with E-state index in [1.807, 2.05) is 0 Å². The first-order valence-electron chi connectivity index (χ1n) is 9.94. The van der Waals surface area contributed by atoms with Crippen molar-refractivity contribution in [2.24, 2.45) is 5.73 Å². The maximum Gasteiger partial charge on any atom is 0.273 e. The predicted molar refractivity (Wildman–Crippen MR) is 124 cm³/mol. The van der Waals surface area contributed by atoms with Gasteiger partial charge in [0.1, 0.15) is 22.5 Å². The van der Waals surface area contributed by atoms with Crippen molar-refractivity contribution in [1.29, 1.82) is 0 Å². The van der Waals surface area contributed by atoms with Gasteiger partial charge in [0.25, 0.3) is 11.8 Å². The number of nitrogens with one attached hydrogen (secondary N) is 1. The molecule has 34 heavy (non-hydrogen) atoms. The molecule has 6 N–H and O–H groups in total. The quantitative estimate of drug-likeness (QED) is 0.335. The van der Waals surface area contributed by atoms with Crippen LogP contribution in [0.1, 0.15) is 31.8 Å². The molecule has 3 amide bonds. The zero-order chi connectivity index (χ0) is 24.8. The summed E-state index contributed by atoms with van der Waals surface area (Å²) in [5.41, 5.74) is 11.1. The van der Waals surface area contributed by atoms with Crippen molar-refractivity contribution in [3.8, 4) is 5.75 Å². The average Bonchev–Trinajstić information content (AvgIpc) is 3.19. The minimum absolute atomic E-state index is 0.0521. The molecular formula is C22H22FN5O5S. The van der Waals surface area contributed by atoms with E-state index < -0.39 is 29.6 Å². The van der Waals surface area contributed by atoms with E-state index in [1.54, 1.807) is 0 Å². The number of nitrogens with zero attached hydrogens (tertiary/aromatic N) is 2. The molecule has 1 atom stereocenters. The van der Waals surface area contributed by atoms with Crippen LogP contribution in [0.2, 0.25) is 0 Å². The number of methoxy groups -OCH3 is 1. The molecule has 178 valence electrons. The van der Waals surface area contributed by atoms with E-state index in [9.17, 15) is 23.9 Å². The number of carbonyl (C=O) groups is 3. The van der Waals surface area contributed by atoms with Gasteiger partial charge in [0.15, 0.2) is 5.69 Å². The Labute approximate surface area is 198 Å². The van der Waals surface area contributed by atoms with Gasteiger partial charge in [0, 0.05) is 19.3 Å². The Bertz CT molecular complexity index is 1200. The number of hydrogen-bond acceptors (Lipinski definition) is 8. The third-order valence-electron chi connectivity index (χ3n) is 4.78. The molecule has 0 aliphatic rings. The molecule has 0 saturated heterocycles. The lowest BCUT2D eigenvalue weighted by molar-refractivity contribution is -0.122. The highest BCUT2D eigenvalue weighted by Gasteiger charge is 2.36. The van der Waals surface area contributed by atoms with E-state index in [0.717, 1.165) is 11.0 Å². The van der Waals surface area contributed by atoms with Crippen LogP contribution in [0.25, 0.3) is 0 Å². The summed E-state index contributed by atoms with van der Waals surface area (Å²) >= 11 is 0.636. The highest BCUT2D eigenvalue weighted by atomic mass is 32.1. The molecule has 0 fully saturated rings. The smallest absolute Gasteiger partial charge is 0.273 e. The second-order valence-electron chi connectivity index (χ2n) is 7.07. The fourth-order valence-corrected chi connectivity index (χ4v) is 3.94. The van der Waals surface area contributed by atoms with Crippen molar-refractivity contribution in [3.63, 3.8) is 0 Å². The highest BCUT2D eigenvalue weighted by molar-refractivity contribution is 7.09. The number of rotatable bonds is 9. The average molecular weight is 488 g/mol. The first kappa shape index (κ1) is 24.6. The lowest BCUT2D eigenvalue weighted by atomic mass is 10.0. The van der Waals surface area contributed by atoms with E-state index in [1.165, 1.54) is 49.6 Å². The number of nitrogens with two attached hydrogens (primary N) is 2. The van der Waals surface area contributed by atoms with Gasteiger partial charge in [-0.05, 0) is 47.4 Å². The molecule has 0 saturated carbocycles. The van der Waals surface area contributed by atoms with Gasteiger partial charge in [-0.2, -0.15) is 4.37 Å². The molecule has 3 rings (SSSR count). The molecule has 2 aromatic carbocycles. The summed E-state index contributed by atoms with van der Waals surface area (Å²) in [5.74, 6) is -3.01. The predicted octanol–water partition coefficient (Wildman–Crippen LogP) is 1.82. The van der Waals surface area contributed by atoms with E-state index in [0.29, 0.717) is 17.1 Å². The van der Waals surface area contributed by atoms with Gasteiger partial charge < -0.3 is 26.6 Å². The number of primary amides is 1. The van der Waals surface area contributed by atoms with E-state index in [2.05, 4.69) is 9.69 Å². The summed E-state index contributed by atoms with van der Waals surface area (Å²) in [6.07, 6.45) is 0. The maximum atomic E-state index is 14.2. The van der Waals surface area contributed by atoms with Gasteiger partial charge in [-0.1, -0.05) is 18.2 Å². The van der Waals surface area contributed by atoms with Crippen LogP contribution >= 0.6 is 11.5 Å². The fourth-order valence-electron chi connectivity index (χ4n) is 3.20. The largest absolute Gasteiger partial charge is 0.508 e. The fraction of sp³-hybridized carbons (Fsp3) is 0.182. The maximum absolute atomic E-state index is 14.2. The number of anilines is 2. The number of halogens is 1. The van der Waals surface area contributed by atoms with Gasteiger partial charge in [-0.25, -0.2) is 4.39 Å². The number of nitrogen functional groups attached to an aromatic ring is 1. The SMILES string of the molecule is COCCNC(=O)[C@@H](c1ccc(O)cc1)N(C(=O)c1snc(C(N)=O)c1N)c1cccc(F)c1. The van der Waals surface area contributed by atoms with Crippen LogP contribution in [0.3, 0.4) is 0 Å². The van der Waals surface area contributed by atoms with Crippen molar-refractivity contribution in [1.82, 2.24) is 9.69 Å². The number of phenols is 1. The lowest BCUT2D eigenvalue weighted by Crippen LogP contribution is -2.44. The Kier molecular flexibility index (Phi) is 7.76. The highest BCUT2D eigenvalue weighted by Crippen LogP contribution is 2.33. The Morgan fingerprint density at radius 3 is 2.53 bits per heavy atom. The summed E-state index contributed by atoms with van der Waals surface area (Å²) in [6.45, 7) is 0.356. The van der Waals surface area contributed by atoms with Crippen molar-refractivity contribution in [2.75, 3.05) is 30.9 Å². The molecule has 1 aromatic heterocycles. The molecule has 12 heteroatoms. The van der Waals surface area contributed by atoms with Gasteiger partial charge in [0.2, 0.25) is 5.91 Å². The second kappa shape index (κ2) is 10.7. The van der Waals surface area contributed by atoms with Crippen LogP contribution in [-0.2, 0) is 9.53 Å². The Hall–Kier alpha value is -4.03. The first-order chi connectivity index (χ1) is 16.2. The second-order valence-corrected chi connectivity index (χ2v) is 7.84. The van der Waals surface area contributed by atoms with Gasteiger partial charge >= 0.3 is 0 Å². The van der Waals surface area contributed by atoms with Gasteiger partial charge in [0.05, 0.1) is 12.3 Å². The zero-order valence-electron chi connectivity index (χ0n) is 18.0. The number of phenolic OH excluding ortho intramolecular Hbond substituents is 1. The Morgan fingerprint density at radius 2 is 1.94 bits per heavy atom. The van der Waals surface area contributed by atoms with Gasteiger partial charge in [-0.3, -0.25) is 19.3 Å².